The first kappa shape index (κ1) is 16.6. The number of urea groups is 1. The zero-order chi connectivity index (χ0) is 16.9. The largest absolute Gasteiger partial charge is 0.353 e. The smallest absolute Gasteiger partial charge is 0.322 e. The van der Waals surface area contributed by atoms with Crippen LogP contribution in [0.15, 0.2) is 60.1 Å². The highest BCUT2D eigenvalue weighted by Crippen LogP contribution is 2.18. The molecule has 24 heavy (non-hydrogen) atoms. The number of aryl methyl sites for hydroxylation is 1. The first-order valence-electron chi connectivity index (χ1n) is 7.56. The molecule has 3 rings (SSSR count). The fraction of sp³-hybridized carbons (Fsp3) is 0.167. The summed E-state index contributed by atoms with van der Waals surface area (Å²) >= 11 is 7.64. The summed E-state index contributed by atoms with van der Waals surface area (Å²) in [7, 11) is 1.98. The topological polar surface area (TPSA) is 37.3 Å². The Kier molecular flexibility index (Phi) is 5.23. The molecule has 6 heteroatoms. The van der Waals surface area contributed by atoms with Crippen molar-refractivity contribution in [2.24, 2.45) is 7.05 Å². The van der Waals surface area contributed by atoms with Gasteiger partial charge in [0, 0.05) is 34.5 Å². The molecule has 0 saturated heterocycles. The number of nitrogens with zero attached hydrogens (tertiary/aromatic N) is 2. The molecule has 1 N–H and O–H groups in total. The summed E-state index contributed by atoms with van der Waals surface area (Å²) < 4.78 is 2.02. The van der Waals surface area contributed by atoms with Gasteiger partial charge in [-0.1, -0.05) is 23.7 Å². The van der Waals surface area contributed by atoms with E-state index in [0.29, 0.717) is 23.8 Å². The molecule has 124 valence electrons. The van der Waals surface area contributed by atoms with Gasteiger partial charge in [0.25, 0.3) is 0 Å². The second-order valence-electron chi connectivity index (χ2n) is 5.49. The molecule has 0 radical (unpaired) electrons. The third-order valence-corrected chi connectivity index (χ3v) is 4.79. The van der Waals surface area contributed by atoms with E-state index < -0.39 is 0 Å². The van der Waals surface area contributed by atoms with Gasteiger partial charge in [-0.3, -0.25) is 0 Å². The third kappa shape index (κ3) is 4.19. The molecule has 0 aliphatic rings. The van der Waals surface area contributed by atoms with E-state index in [9.17, 15) is 4.79 Å². The van der Waals surface area contributed by atoms with Crippen LogP contribution >= 0.6 is 22.9 Å². The summed E-state index contributed by atoms with van der Waals surface area (Å²) in [6.45, 7) is 1.10. The summed E-state index contributed by atoms with van der Waals surface area (Å²) in [6.07, 6.45) is 1.98. The molecule has 0 aliphatic heterocycles. The van der Waals surface area contributed by atoms with E-state index in [4.69, 9.17) is 11.6 Å². The maximum Gasteiger partial charge on any atom is 0.322 e. The van der Waals surface area contributed by atoms with Gasteiger partial charge in [-0.25, -0.2) is 4.79 Å². The SMILES string of the molecule is Cn1cccc1CN(Cc1cccs1)C(=O)Nc1cccc(Cl)c1. The van der Waals surface area contributed by atoms with Gasteiger partial charge < -0.3 is 14.8 Å². The van der Waals surface area contributed by atoms with E-state index in [0.717, 1.165) is 10.6 Å². The number of hydrogen-bond donors (Lipinski definition) is 1. The Morgan fingerprint density at radius 2 is 2.08 bits per heavy atom. The molecule has 0 fully saturated rings. The fourth-order valence-corrected chi connectivity index (χ4v) is 3.32. The molecule has 4 nitrogen and oxygen atoms in total. The van der Waals surface area contributed by atoms with Crippen LogP contribution in [-0.4, -0.2) is 15.5 Å². The second kappa shape index (κ2) is 7.55. The minimum absolute atomic E-state index is 0.146. The average Bonchev–Trinajstić information content (AvgIpc) is 3.19. The quantitative estimate of drug-likeness (QED) is 0.685. The number of carbonyl (C=O) groups excluding carboxylic acids is 1. The lowest BCUT2D eigenvalue weighted by molar-refractivity contribution is 0.205. The molecule has 2 heterocycles. The number of benzene rings is 1. The number of halogens is 1. The predicted octanol–water partition coefficient (Wildman–Crippen LogP) is 4.97. The van der Waals surface area contributed by atoms with E-state index in [1.807, 2.05) is 59.6 Å². The van der Waals surface area contributed by atoms with Crippen LogP contribution in [-0.2, 0) is 20.1 Å². The van der Waals surface area contributed by atoms with Crippen molar-refractivity contribution >= 4 is 34.7 Å². The van der Waals surface area contributed by atoms with Crippen LogP contribution in [0.4, 0.5) is 10.5 Å². The molecular weight excluding hydrogens is 342 g/mol. The first-order valence-corrected chi connectivity index (χ1v) is 8.81. The Morgan fingerprint density at radius 3 is 2.75 bits per heavy atom. The normalized spacial score (nSPS) is 10.6. The van der Waals surface area contributed by atoms with Crippen LogP contribution in [0.25, 0.3) is 0 Å². The predicted molar refractivity (Wildman–Crippen MR) is 99.4 cm³/mol. The van der Waals surface area contributed by atoms with E-state index in [2.05, 4.69) is 5.32 Å². The van der Waals surface area contributed by atoms with E-state index in [-0.39, 0.29) is 6.03 Å². The van der Waals surface area contributed by atoms with Crippen molar-refractivity contribution in [3.63, 3.8) is 0 Å². The zero-order valence-electron chi connectivity index (χ0n) is 13.3. The minimum Gasteiger partial charge on any atom is -0.353 e. The van der Waals surface area contributed by atoms with Crippen molar-refractivity contribution < 1.29 is 4.79 Å². The number of rotatable bonds is 5. The monoisotopic (exact) mass is 359 g/mol. The number of carbonyl (C=O) groups is 1. The van der Waals surface area contributed by atoms with Gasteiger partial charge in [0.1, 0.15) is 0 Å². The van der Waals surface area contributed by atoms with Crippen molar-refractivity contribution in [1.29, 1.82) is 0 Å². The van der Waals surface area contributed by atoms with Crippen molar-refractivity contribution in [3.05, 3.63) is 75.7 Å². The first-order chi connectivity index (χ1) is 11.6. The fourth-order valence-electron chi connectivity index (χ4n) is 2.42. The number of hydrogen-bond acceptors (Lipinski definition) is 2. The highest BCUT2D eigenvalue weighted by atomic mass is 35.5. The molecule has 0 atom stereocenters. The Morgan fingerprint density at radius 1 is 1.21 bits per heavy atom. The van der Waals surface area contributed by atoms with Gasteiger partial charge in [0.15, 0.2) is 0 Å². The molecule has 3 aromatic rings. The maximum absolute atomic E-state index is 12.8. The van der Waals surface area contributed by atoms with Crippen molar-refractivity contribution in [2.75, 3.05) is 5.32 Å². The second-order valence-corrected chi connectivity index (χ2v) is 6.96. The van der Waals surface area contributed by atoms with E-state index >= 15 is 0 Å². The van der Waals surface area contributed by atoms with E-state index in [1.54, 1.807) is 28.4 Å². The van der Waals surface area contributed by atoms with E-state index in [1.165, 1.54) is 0 Å². The van der Waals surface area contributed by atoms with Gasteiger partial charge in [0.05, 0.1) is 13.1 Å². The average molecular weight is 360 g/mol. The summed E-state index contributed by atoms with van der Waals surface area (Å²) in [5, 5.41) is 5.54. The molecule has 2 aromatic heterocycles. The van der Waals surface area contributed by atoms with Crippen LogP contribution in [0, 0.1) is 0 Å². The summed E-state index contributed by atoms with van der Waals surface area (Å²) in [5.74, 6) is 0. The van der Waals surface area contributed by atoms with Gasteiger partial charge in [0.2, 0.25) is 0 Å². The van der Waals surface area contributed by atoms with Gasteiger partial charge >= 0.3 is 6.03 Å². The number of amides is 2. The molecule has 0 bridgehead atoms. The zero-order valence-corrected chi connectivity index (χ0v) is 14.8. The van der Waals surface area contributed by atoms with Crippen LogP contribution < -0.4 is 5.32 Å². The molecule has 2 amide bonds. The van der Waals surface area contributed by atoms with Crippen LogP contribution in [0.1, 0.15) is 10.6 Å². The van der Waals surface area contributed by atoms with Crippen molar-refractivity contribution in [2.45, 2.75) is 13.1 Å². The van der Waals surface area contributed by atoms with Crippen LogP contribution in [0.2, 0.25) is 5.02 Å². The highest BCUT2D eigenvalue weighted by molar-refractivity contribution is 7.09. The molecule has 0 unspecified atom stereocenters. The van der Waals surface area contributed by atoms with Crippen LogP contribution in [0.5, 0.6) is 0 Å². The molecule has 0 aliphatic carbocycles. The summed E-state index contributed by atoms with van der Waals surface area (Å²) in [4.78, 5) is 15.7. The molecular formula is C18H18ClN3OS. The molecule has 0 saturated carbocycles. The summed E-state index contributed by atoms with van der Waals surface area (Å²) in [6, 6.07) is 15.1. The lowest BCUT2D eigenvalue weighted by atomic mass is 10.3. The van der Waals surface area contributed by atoms with Gasteiger partial charge in [-0.2, -0.15) is 0 Å². The Balaban J connectivity index is 1.77. The number of anilines is 1. The Labute approximate surface area is 150 Å². The van der Waals surface area contributed by atoms with Crippen molar-refractivity contribution in [1.82, 2.24) is 9.47 Å². The summed E-state index contributed by atoms with van der Waals surface area (Å²) in [5.41, 5.74) is 1.77. The number of aromatic nitrogens is 1. The lowest BCUT2D eigenvalue weighted by Gasteiger charge is -2.23. The van der Waals surface area contributed by atoms with Crippen molar-refractivity contribution in [3.8, 4) is 0 Å². The standard InChI is InChI=1S/C18H18ClN3OS/c1-21-9-3-7-16(21)12-22(13-17-8-4-10-24-17)18(23)20-15-6-2-5-14(19)11-15/h2-11H,12-13H2,1H3,(H,20,23). The Bertz CT molecular complexity index is 813. The molecule has 1 aromatic carbocycles. The third-order valence-electron chi connectivity index (χ3n) is 3.69. The van der Waals surface area contributed by atoms with Crippen LogP contribution in [0.3, 0.4) is 0 Å². The maximum atomic E-state index is 12.8. The number of nitrogens with one attached hydrogen (secondary N) is 1. The Hall–Kier alpha value is -2.24. The molecule has 0 spiro atoms. The number of thiophene rings is 1. The lowest BCUT2D eigenvalue weighted by Crippen LogP contribution is -2.34. The highest BCUT2D eigenvalue weighted by Gasteiger charge is 2.16. The minimum atomic E-state index is -0.146. The van der Waals surface area contributed by atoms with Gasteiger partial charge in [-0.15, -0.1) is 11.3 Å². The van der Waals surface area contributed by atoms with Gasteiger partial charge in [-0.05, 0) is 41.8 Å².